The smallest absolute Gasteiger partial charge is 0.231 e. The monoisotopic (exact) mass is 258 g/mol. The molecule has 2 aromatic carbocycles. The lowest BCUT2D eigenvalue weighted by molar-refractivity contribution is -0.117. The summed E-state index contributed by atoms with van der Waals surface area (Å²) in [4.78, 5) is 12.1. The van der Waals surface area contributed by atoms with Gasteiger partial charge in [0.2, 0.25) is 5.91 Å². The maximum atomic E-state index is 13.0. The molecular weight excluding hydrogens is 243 g/mol. The third-order valence-corrected chi connectivity index (χ3v) is 2.90. The minimum Gasteiger partial charge on any atom is -0.399 e. The fraction of sp³-hybridized carbons (Fsp3) is 0.133. The SMILES string of the molecule is CC(C(=O)Nc1cccc(F)c1)c1cccc(N)c1. The molecule has 3 nitrogen and oxygen atoms in total. The molecule has 19 heavy (non-hydrogen) atoms. The molecule has 0 bridgehead atoms. The lowest BCUT2D eigenvalue weighted by Crippen LogP contribution is -2.19. The Morgan fingerprint density at radius 3 is 2.63 bits per heavy atom. The average molecular weight is 258 g/mol. The van der Waals surface area contributed by atoms with Crippen LogP contribution in [0.2, 0.25) is 0 Å². The Hall–Kier alpha value is -2.36. The Morgan fingerprint density at radius 2 is 1.95 bits per heavy atom. The highest BCUT2D eigenvalue weighted by atomic mass is 19.1. The van der Waals surface area contributed by atoms with Gasteiger partial charge < -0.3 is 11.1 Å². The van der Waals surface area contributed by atoms with Crippen LogP contribution in [0.4, 0.5) is 15.8 Å². The molecule has 2 rings (SSSR count). The van der Waals surface area contributed by atoms with Crippen molar-refractivity contribution in [3.05, 3.63) is 59.9 Å². The van der Waals surface area contributed by atoms with E-state index in [0.29, 0.717) is 11.4 Å². The lowest BCUT2D eigenvalue weighted by Gasteiger charge is -2.13. The average Bonchev–Trinajstić information content (AvgIpc) is 2.38. The molecule has 2 aromatic rings. The highest BCUT2D eigenvalue weighted by Crippen LogP contribution is 2.20. The van der Waals surface area contributed by atoms with Gasteiger partial charge in [0.25, 0.3) is 0 Å². The Kier molecular flexibility index (Phi) is 3.80. The second kappa shape index (κ2) is 5.52. The van der Waals surface area contributed by atoms with Crippen molar-refractivity contribution in [1.29, 1.82) is 0 Å². The van der Waals surface area contributed by atoms with Gasteiger partial charge in [0, 0.05) is 11.4 Å². The van der Waals surface area contributed by atoms with Crippen molar-refractivity contribution in [1.82, 2.24) is 0 Å². The molecule has 0 heterocycles. The first kappa shape index (κ1) is 13.1. The maximum Gasteiger partial charge on any atom is 0.231 e. The summed E-state index contributed by atoms with van der Waals surface area (Å²) < 4.78 is 13.0. The fourth-order valence-electron chi connectivity index (χ4n) is 1.80. The Morgan fingerprint density at radius 1 is 1.21 bits per heavy atom. The van der Waals surface area contributed by atoms with Crippen LogP contribution in [0.5, 0.6) is 0 Å². The van der Waals surface area contributed by atoms with Crippen LogP contribution in [-0.2, 0) is 4.79 Å². The normalized spacial score (nSPS) is 11.9. The van der Waals surface area contributed by atoms with Crippen molar-refractivity contribution in [3.8, 4) is 0 Å². The minimum atomic E-state index is -0.380. The van der Waals surface area contributed by atoms with Crippen LogP contribution in [-0.4, -0.2) is 5.91 Å². The molecule has 0 aliphatic rings. The summed E-state index contributed by atoms with van der Waals surface area (Å²) in [5.74, 6) is -0.933. The molecule has 0 saturated heterocycles. The molecule has 1 atom stereocenters. The summed E-state index contributed by atoms with van der Waals surface area (Å²) in [6.07, 6.45) is 0. The van der Waals surface area contributed by atoms with Crippen LogP contribution in [0.15, 0.2) is 48.5 Å². The Balaban J connectivity index is 2.12. The highest BCUT2D eigenvalue weighted by Gasteiger charge is 2.15. The van der Waals surface area contributed by atoms with Crippen LogP contribution in [0, 0.1) is 5.82 Å². The number of nitrogens with two attached hydrogens (primary N) is 1. The molecule has 0 saturated carbocycles. The molecule has 0 fully saturated rings. The first-order valence-electron chi connectivity index (χ1n) is 5.98. The van der Waals surface area contributed by atoms with E-state index in [1.54, 1.807) is 37.3 Å². The molecule has 0 aliphatic carbocycles. The van der Waals surface area contributed by atoms with Gasteiger partial charge in [0.1, 0.15) is 5.82 Å². The van der Waals surface area contributed by atoms with Gasteiger partial charge in [0.15, 0.2) is 0 Å². The summed E-state index contributed by atoms with van der Waals surface area (Å²) in [6, 6.07) is 13.0. The molecule has 0 radical (unpaired) electrons. The van der Waals surface area contributed by atoms with E-state index in [4.69, 9.17) is 5.73 Å². The van der Waals surface area contributed by atoms with Gasteiger partial charge >= 0.3 is 0 Å². The molecule has 1 unspecified atom stereocenters. The number of nitrogens with one attached hydrogen (secondary N) is 1. The fourth-order valence-corrected chi connectivity index (χ4v) is 1.80. The number of carbonyl (C=O) groups is 1. The van der Waals surface area contributed by atoms with Gasteiger partial charge in [-0.15, -0.1) is 0 Å². The van der Waals surface area contributed by atoms with E-state index < -0.39 is 0 Å². The van der Waals surface area contributed by atoms with Crippen molar-refractivity contribution >= 4 is 17.3 Å². The van der Waals surface area contributed by atoms with Gasteiger partial charge in [-0.2, -0.15) is 0 Å². The van der Waals surface area contributed by atoms with Crippen molar-refractivity contribution in [3.63, 3.8) is 0 Å². The molecule has 0 aliphatic heterocycles. The number of rotatable bonds is 3. The number of hydrogen-bond acceptors (Lipinski definition) is 2. The number of benzene rings is 2. The van der Waals surface area contributed by atoms with Gasteiger partial charge in [-0.25, -0.2) is 4.39 Å². The van der Waals surface area contributed by atoms with Gasteiger partial charge in [-0.3, -0.25) is 4.79 Å². The zero-order chi connectivity index (χ0) is 13.8. The quantitative estimate of drug-likeness (QED) is 0.831. The number of amides is 1. The summed E-state index contributed by atoms with van der Waals surface area (Å²) in [7, 11) is 0. The number of carbonyl (C=O) groups excluding carboxylic acids is 1. The van der Waals surface area contributed by atoms with Crippen LogP contribution in [0.3, 0.4) is 0 Å². The molecule has 3 N–H and O–H groups in total. The molecular formula is C15H15FN2O. The molecule has 0 spiro atoms. The topological polar surface area (TPSA) is 55.1 Å². The molecule has 4 heteroatoms. The van der Waals surface area contributed by atoms with Crippen molar-refractivity contribution in [2.75, 3.05) is 11.1 Å². The van der Waals surface area contributed by atoms with E-state index in [9.17, 15) is 9.18 Å². The first-order valence-corrected chi connectivity index (χ1v) is 5.98. The van der Waals surface area contributed by atoms with Crippen LogP contribution >= 0.6 is 0 Å². The number of anilines is 2. The third kappa shape index (κ3) is 3.31. The summed E-state index contributed by atoms with van der Waals surface area (Å²) in [6.45, 7) is 1.78. The zero-order valence-corrected chi connectivity index (χ0v) is 10.6. The minimum absolute atomic E-state index is 0.198. The summed E-state index contributed by atoms with van der Waals surface area (Å²) in [5.41, 5.74) is 7.57. The number of nitrogen functional groups attached to an aromatic ring is 1. The van der Waals surface area contributed by atoms with Crippen molar-refractivity contribution < 1.29 is 9.18 Å². The first-order chi connectivity index (χ1) is 9.06. The van der Waals surface area contributed by atoms with Crippen LogP contribution < -0.4 is 11.1 Å². The maximum absolute atomic E-state index is 13.0. The van der Waals surface area contributed by atoms with Gasteiger partial charge in [-0.1, -0.05) is 18.2 Å². The van der Waals surface area contributed by atoms with Crippen LogP contribution in [0.25, 0.3) is 0 Å². The summed E-state index contributed by atoms with van der Waals surface area (Å²) in [5, 5.41) is 2.68. The lowest BCUT2D eigenvalue weighted by atomic mass is 10.00. The standard InChI is InChI=1S/C15H15FN2O/c1-10(11-4-2-6-13(17)8-11)15(19)18-14-7-3-5-12(16)9-14/h2-10H,17H2,1H3,(H,18,19). The number of halogens is 1. The second-order valence-electron chi connectivity index (χ2n) is 4.39. The van der Waals surface area contributed by atoms with E-state index >= 15 is 0 Å². The van der Waals surface area contributed by atoms with E-state index in [1.807, 2.05) is 6.07 Å². The largest absolute Gasteiger partial charge is 0.399 e. The van der Waals surface area contributed by atoms with E-state index in [2.05, 4.69) is 5.32 Å². The van der Waals surface area contributed by atoms with E-state index in [-0.39, 0.29) is 17.6 Å². The Bertz CT molecular complexity index is 598. The molecule has 1 amide bonds. The second-order valence-corrected chi connectivity index (χ2v) is 4.39. The summed E-state index contributed by atoms with van der Waals surface area (Å²) >= 11 is 0. The van der Waals surface area contributed by atoms with E-state index in [1.165, 1.54) is 12.1 Å². The van der Waals surface area contributed by atoms with Gasteiger partial charge in [-0.05, 0) is 42.8 Å². The highest BCUT2D eigenvalue weighted by molar-refractivity contribution is 5.95. The Labute approximate surface area is 111 Å². The third-order valence-electron chi connectivity index (χ3n) is 2.90. The number of hydrogen-bond donors (Lipinski definition) is 2. The van der Waals surface area contributed by atoms with Crippen LogP contribution in [0.1, 0.15) is 18.4 Å². The molecule has 0 aromatic heterocycles. The zero-order valence-electron chi connectivity index (χ0n) is 10.6. The van der Waals surface area contributed by atoms with Gasteiger partial charge in [0.05, 0.1) is 5.92 Å². The van der Waals surface area contributed by atoms with Crippen molar-refractivity contribution in [2.24, 2.45) is 0 Å². The van der Waals surface area contributed by atoms with E-state index in [0.717, 1.165) is 5.56 Å². The molecule has 98 valence electrons. The predicted molar refractivity (Wildman–Crippen MR) is 74.3 cm³/mol. The van der Waals surface area contributed by atoms with Crippen molar-refractivity contribution in [2.45, 2.75) is 12.8 Å². The predicted octanol–water partition coefficient (Wildman–Crippen LogP) is 3.15.